The van der Waals surface area contributed by atoms with E-state index in [-0.39, 0.29) is 12.6 Å². The third kappa shape index (κ3) is 4.55. The van der Waals surface area contributed by atoms with Crippen molar-refractivity contribution in [2.45, 2.75) is 46.3 Å². The van der Waals surface area contributed by atoms with E-state index >= 15 is 0 Å². The monoisotopic (exact) mass is 388 g/mol. The van der Waals surface area contributed by atoms with Gasteiger partial charge in [-0.05, 0) is 52.3 Å². The molecule has 3 rings (SSSR count). The second-order valence-corrected chi connectivity index (χ2v) is 8.12. The molecule has 1 aromatic heterocycles. The first kappa shape index (κ1) is 20.0. The number of rotatable bonds is 3. The highest BCUT2D eigenvalue weighted by atomic mass is 16.6. The van der Waals surface area contributed by atoms with E-state index < -0.39 is 11.6 Å². The number of aromatic nitrogens is 2. The van der Waals surface area contributed by atoms with Crippen LogP contribution in [0.5, 0.6) is 0 Å². The van der Waals surface area contributed by atoms with Gasteiger partial charge in [-0.15, -0.1) is 0 Å². The van der Waals surface area contributed by atoms with E-state index in [2.05, 4.69) is 9.88 Å². The standard InChI is InChI=1S/C20H28N4O4/c1-14-21-16-12-15(6-7-17(16)24(14)13-18(25)26)22-8-5-9-23(11-10-22)19(27)28-20(2,3)4/h6-7,12H,5,8-11,13H2,1-4H3,(H,25,26). The Morgan fingerprint density at radius 1 is 1.18 bits per heavy atom. The molecule has 0 aliphatic carbocycles. The first-order chi connectivity index (χ1) is 13.1. The summed E-state index contributed by atoms with van der Waals surface area (Å²) in [6, 6.07) is 5.90. The van der Waals surface area contributed by atoms with Crippen LogP contribution in [-0.2, 0) is 16.1 Å². The van der Waals surface area contributed by atoms with Crippen LogP contribution in [0.1, 0.15) is 33.0 Å². The molecule has 152 valence electrons. The fourth-order valence-corrected chi connectivity index (χ4v) is 3.45. The van der Waals surface area contributed by atoms with Gasteiger partial charge in [0.1, 0.15) is 18.0 Å². The number of aryl methyl sites for hydroxylation is 1. The molecule has 0 spiro atoms. The topological polar surface area (TPSA) is 87.9 Å². The van der Waals surface area contributed by atoms with Gasteiger partial charge in [-0.25, -0.2) is 9.78 Å². The lowest BCUT2D eigenvalue weighted by Crippen LogP contribution is -2.39. The van der Waals surface area contributed by atoms with Crippen LogP contribution in [-0.4, -0.2) is 63.4 Å². The molecule has 2 aromatic rings. The molecule has 1 aliphatic rings. The highest BCUT2D eigenvalue weighted by Crippen LogP contribution is 2.24. The molecule has 2 heterocycles. The largest absolute Gasteiger partial charge is 0.480 e. The Morgan fingerprint density at radius 2 is 1.93 bits per heavy atom. The summed E-state index contributed by atoms with van der Waals surface area (Å²) in [5.41, 5.74) is 2.12. The number of aliphatic carboxylic acids is 1. The molecule has 1 aliphatic heterocycles. The van der Waals surface area contributed by atoms with Crippen LogP contribution < -0.4 is 4.90 Å². The maximum Gasteiger partial charge on any atom is 0.410 e. The third-order valence-electron chi connectivity index (χ3n) is 4.73. The Balaban J connectivity index is 1.74. The second kappa shape index (κ2) is 7.69. The predicted molar refractivity (Wildman–Crippen MR) is 107 cm³/mol. The Morgan fingerprint density at radius 3 is 2.61 bits per heavy atom. The first-order valence-corrected chi connectivity index (χ1v) is 9.55. The van der Waals surface area contributed by atoms with Crippen LogP contribution in [0.2, 0.25) is 0 Å². The second-order valence-electron chi connectivity index (χ2n) is 8.12. The molecule has 1 saturated heterocycles. The summed E-state index contributed by atoms with van der Waals surface area (Å²) in [5.74, 6) is -0.206. The number of carboxylic acids is 1. The lowest BCUT2D eigenvalue weighted by Gasteiger charge is -2.27. The fraction of sp³-hybridized carbons (Fsp3) is 0.550. The Hall–Kier alpha value is -2.77. The maximum absolute atomic E-state index is 12.3. The highest BCUT2D eigenvalue weighted by molar-refractivity contribution is 5.82. The molecule has 8 nitrogen and oxygen atoms in total. The normalized spacial score (nSPS) is 15.6. The van der Waals surface area contributed by atoms with Gasteiger partial charge in [0.05, 0.1) is 11.0 Å². The van der Waals surface area contributed by atoms with Crippen LogP contribution in [0, 0.1) is 6.92 Å². The van der Waals surface area contributed by atoms with Crippen LogP contribution in [0.15, 0.2) is 18.2 Å². The van der Waals surface area contributed by atoms with Gasteiger partial charge in [0.2, 0.25) is 0 Å². The Kier molecular flexibility index (Phi) is 5.49. The molecule has 1 amide bonds. The van der Waals surface area contributed by atoms with E-state index in [9.17, 15) is 9.59 Å². The molecule has 0 bridgehead atoms. The maximum atomic E-state index is 12.3. The molecule has 0 unspecified atom stereocenters. The molecular formula is C20H28N4O4. The van der Waals surface area contributed by atoms with E-state index in [1.165, 1.54) is 0 Å². The number of benzene rings is 1. The molecular weight excluding hydrogens is 360 g/mol. The van der Waals surface area contributed by atoms with Gasteiger partial charge in [-0.3, -0.25) is 4.79 Å². The summed E-state index contributed by atoms with van der Waals surface area (Å²) in [6.07, 6.45) is 0.580. The van der Waals surface area contributed by atoms with Gasteiger partial charge >= 0.3 is 12.1 Å². The smallest absolute Gasteiger partial charge is 0.410 e. The summed E-state index contributed by atoms with van der Waals surface area (Å²) >= 11 is 0. The van der Waals surface area contributed by atoms with Crippen molar-refractivity contribution in [3.05, 3.63) is 24.0 Å². The third-order valence-corrected chi connectivity index (χ3v) is 4.73. The Labute approximate surface area is 164 Å². The minimum atomic E-state index is -0.888. The van der Waals surface area contributed by atoms with Crippen molar-refractivity contribution in [1.82, 2.24) is 14.5 Å². The van der Waals surface area contributed by atoms with E-state index in [4.69, 9.17) is 9.84 Å². The zero-order valence-electron chi connectivity index (χ0n) is 16.9. The molecule has 0 atom stereocenters. The van der Waals surface area contributed by atoms with Crippen molar-refractivity contribution in [2.24, 2.45) is 0 Å². The lowest BCUT2D eigenvalue weighted by molar-refractivity contribution is -0.137. The predicted octanol–water partition coefficient (Wildman–Crippen LogP) is 2.88. The average molecular weight is 388 g/mol. The number of nitrogens with zero attached hydrogens (tertiary/aromatic N) is 4. The number of carbonyl (C=O) groups excluding carboxylic acids is 1. The minimum Gasteiger partial charge on any atom is -0.480 e. The fourth-order valence-electron chi connectivity index (χ4n) is 3.45. The summed E-state index contributed by atoms with van der Waals surface area (Å²) in [6.45, 7) is 10.1. The van der Waals surface area contributed by atoms with Crippen molar-refractivity contribution < 1.29 is 19.4 Å². The number of carbonyl (C=O) groups is 2. The van der Waals surface area contributed by atoms with Gasteiger partial charge < -0.3 is 24.2 Å². The number of hydrogen-bond acceptors (Lipinski definition) is 5. The SMILES string of the molecule is Cc1nc2cc(N3CCCN(C(=O)OC(C)(C)C)CC3)ccc2n1CC(=O)O. The number of ether oxygens (including phenoxy) is 1. The van der Waals surface area contributed by atoms with Gasteiger partial charge in [-0.2, -0.15) is 0 Å². The van der Waals surface area contributed by atoms with E-state index in [1.807, 2.05) is 45.9 Å². The summed E-state index contributed by atoms with van der Waals surface area (Å²) in [5, 5.41) is 9.10. The molecule has 8 heteroatoms. The molecule has 1 N–H and O–H groups in total. The van der Waals surface area contributed by atoms with Gasteiger partial charge in [0.25, 0.3) is 0 Å². The van der Waals surface area contributed by atoms with Crippen molar-refractivity contribution in [1.29, 1.82) is 0 Å². The lowest BCUT2D eigenvalue weighted by atomic mass is 10.2. The molecule has 28 heavy (non-hydrogen) atoms. The number of fused-ring (bicyclic) bond motifs is 1. The molecule has 0 radical (unpaired) electrons. The molecule has 1 aromatic carbocycles. The quantitative estimate of drug-likeness (QED) is 0.870. The summed E-state index contributed by atoms with van der Waals surface area (Å²) < 4.78 is 7.19. The van der Waals surface area contributed by atoms with E-state index in [0.717, 1.165) is 29.7 Å². The number of anilines is 1. The molecule has 1 fully saturated rings. The van der Waals surface area contributed by atoms with E-state index in [1.54, 1.807) is 9.47 Å². The first-order valence-electron chi connectivity index (χ1n) is 9.55. The minimum absolute atomic E-state index is 0.101. The zero-order valence-corrected chi connectivity index (χ0v) is 16.9. The van der Waals surface area contributed by atoms with Crippen LogP contribution in [0.4, 0.5) is 10.5 Å². The molecule has 0 saturated carbocycles. The van der Waals surface area contributed by atoms with Gasteiger partial charge in [-0.1, -0.05) is 0 Å². The summed E-state index contributed by atoms with van der Waals surface area (Å²) in [4.78, 5) is 31.9. The summed E-state index contributed by atoms with van der Waals surface area (Å²) in [7, 11) is 0. The number of imidazole rings is 1. The van der Waals surface area contributed by atoms with Gasteiger partial charge in [0.15, 0.2) is 0 Å². The Bertz CT molecular complexity index is 884. The number of amides is 1. The highest BCUT2D eigenvalue weighted by Gasteiger charge is 2.24. The van der Waals surface area contributed by atoms with Crippen LogP contribution in [0.25, 0.3) is 11.0 Å². The average Bonchev–Trinajstić information content (AvgIpc) is 2.76. The van der Waals surface area contributed by atoms with Crippen molar-refractivity contribution in [3.63, 3.8) is 0 Å². The van der Waals surface area contributed by atoms with Crippen molar-refractivity contribution in [2.75, 3.05) is 31.1 Å². The van der Waals surface area contributed by atoms with Crippen LogP contribution in [0.3, 0.4) is 0 Å². The van der Waals surface area contributed by atoms with Crippen molar-refractivity contribution in [3.8, 4) is 0 Å². The number of carboxylic acid groups (broad SMARTS) is 1. The van der Waals surface area contributed by atoms with Gasteiger partial charge in [0, 0.05) is 31.9 Å². The number of hydrogen-bond donors (Lipinski definition) is 1. The van der Waals surface area contributed by atoms with Crippen molar-refractivity contribution >= 4 is 28.8 Å². The van der Waals surface area contributed by atoms with Crippen LogP contribution >= 0.6 is 0 Å². The zero-order chi connectivity index (χ0) is 20.5. The van der Waals surface area contributed by atoms with E-state index in [0.29, 0.717) is 25.5 Å².